The highest BCUT2D eigenvalue weighted by Crippen LogP contribution is 2.28. The molecule has 2 aromatic carbocycles. The Morgan fingerprint density at radius 3 is 2.67 bits per heavy atom. The summed E-state index contributed by atoms with van der Waals surface area (Å²) in [5, 5.41) is 10.2. The Balaban J connectivity index is 1.28. The first-order chi connectivity index (χ1) is 20.1. The molecule has 1 aliphatic heterocycles. The minimum absolute atomic E-state index is 0.0280. The largest absolute Gasteiger partial charge is 0.364 e. The van der Waals surface area contributed by atoms with E-state index >= 15 is 0 Å². The van der Waals surface area contributed by atoms with E-state index in [0.717, 1.165) is 25.7 Å². The summed E-state index contributed by atoms with van der Waals surface area (Å²) in [6, 6.07) is 9.19. The molecule has 0 radical (unpaired) electrons. The molecule has 1 atom stereocenters. The van der Waals surface area contributed by atoms with E-state index in [9.17, 15) is 23.6 Å². The van der Waals surface area contributed by atoms with Crippen LogP contribution < -0.4 is 16.4 Å². The molecular formula is C29H33ClFN7O4. The van der Waals surface area contributed by atoms with Crippen molar-refractivity contribution < 1.29 is 23.6 Å². The van der Waals surface area contributed by atoms with Gasteiger partial charge in [0.2, 0.25) is 11.8 Å². The maximum atomic E-state index is 14.2. The summed E-state index contributed by atoms with van der Waals surface area (Å²) >= 11 is 5.81. The second-order valence-corrected chi connectivity index (χ2v) is 11.4. The molecule has 3 aromatic rings. The van der Waals surface area contributed by atoms with Crippen molar-refractivity contribution in [3.63, 3.8) is 0 Å². The lowest BCUT2D eigenvalue weighted by Gasteiger charge is -2.30. The van der Waals surface area contributed by atoms with Crippen LogP contribution in [0.5, 0.6) is 0 Å². The molecule has 0 bridgehead atoms. The molecule has 2 fully saturated rings. The standard InChI is InChI=1S/C29H33ClFN7O4/c1-17-4-3-11-36(14-17)29(42)34-19-7-10-23-21(12-19)27(28(32)41)35-38(23)16-25(40)37(20-8-9-20)15-24(39)33-13-18-5-2-6-22(30)26(18)31/h2,5-7,10,12,17,20H,3-4,8-9,11,13-16H2,1H3,(H2,32,41)(H,33,39)(H,34,42)/t17-/m0/s1. The molecule has 11 nitrogen and oxygen atoms in total. The third-order valence-corrected chi connectivity index (χ3v) is 7.89. The molecule has 5 rings (SSSR count). The minimum Gasteiger partial charge on any atom is -0.364 e. The topological polar surface area (TPSA) is 143 Å². The van der Waals surface area contributed by atoms with Gasteiger partial charge in [-0.25, -0.2) is 9.18 Å². The minimum atomic E-state index is -0.772. The Morgan fingerprint density at radius 2 is 1.95 bits per heavy atom. The quantitative estimate of drug-likeness (QED) is 0.346. The third kappa shape index (κ3) is 6.64. The van der Waals surface area contributed by atoms with Crippen LogP contribution in [0.4, 0.5) is 14.9 Å². The van der Waals surface area contributed by atoms with Gasteiger partial charge in [0, 0.05) is 42.3 Å². The van der Waals surface area contributed by atoms with Gasteiger partial charge in [0.1, 0.15) is 12.4 Å². The number of carbonyl (C=O) groups excluding carboxylic acids is 4. The van der Waals surface area contributed by atoms with Crippen LogP contribution in [0.2, 0.25) is 5.02 Å². The van der Waals surface area contributed by atoms with Gasteiger partial charge in [0.05, 0.1) is 17.1 Å². The van der Waals surface area contributed by atoms with E-state index in [2.05, 4.69) is 22.7 Å². The van der Waals surface area contributed by atoms with Crippen LogP contribution in [0.3, 0.4) is 0 Å². The number of nitrogens with two attached hydrogens (primary N) is 1. The fraction of sp³-hybridized carbons (Fsp3) is 0.414. The summed E-state index contributed by atoms with van der Waals surface area (Å²) in [5.41, 5.74) is 6.77. The van der Waals surface area contributed by atoms with Gasteiger partial charge in [0.25, 0.3) is 5.91 Å². The van der Waals surface area contributed by atoms with Crippen LogP contribution in [0, 0.1) is 11.7 Å². The third-order valence-electron chi connectivity index (χ3n) is 7.59. The fourth-order valence-corrected chi connectivity index (χ4v) is 5.45. The average Bonchev–Trinajstić information content (AvgIpc) is 3.74. The number of aromatic nitrogens is 2. The van der Waals surface area contributed by atoms with E-state index in [1.807, 2.05) is 0 Å². The second kappa shape index (κ2) is 12.4. The molecule has 222 valence electrons. The second-order valence-electron chi connectivity index (χ2n) is 11.0. The number of nitrogens with zero attached hydrogens (tertiary/aromatic N) is 4. The highest BCUT2D eigenvalue weighted by molar-refractivity contribution is 6.30. The lowest BCUT2D eigenvalue weighted by molar-refractivity contribution is -0.137. The Hall–Kier alpha value is -4.19. The van der Waals surface area contributed by atoms with Crippen molar-refractivity contribution in [1.29, 1.82) is 0 Å². The molecule has 0 unspecified atom stereocenters. The zero-order valence-electron chi connectivity index (χ0n) is 23.2. The summed E-state index contributed by atoms with van der Waals surface area (Å²) in [7, 11) is 0. The molecule has 0 spiro atoms. The normalized spacial score (nSPS) is 16.7. The number of nitrogens with one attached hydrogen (secondary N) is 2. The number of carbonyl (C=O) groups is 4. The van der Waals surface area contributed by atoms with Crippen LogP contribution >= 0.6 is 11.6 Å². The van der Waals surface area contributed by atoms with E-state index in [0.29, 0.717) is 35.6 Å². The first-order valence-electron chi connectivity index (χ1n) is 14.0. The molecule has 5 amide bonds. The van der Waals surface area contributed by atoms with Crippen molar-refractivity contribution in [2.45, 2.75) is 51.7 Å². The number of halogens is 2. The first kappa shape index (κ1) is 29.3. The van der Waals surface area contributed by atoms with E-state index < -0.39 is 17.6 Å². The maximum Gasteiger partial charge on any atom is 0.321 e. The summed E-state index contributed by atoms with van der Waals surface area (Å²) in [4.78, 5) is 54.3. The van der Waals surface area contributed by atoms with Crippen molar-refractivity contribution in [3.8, 4) is 0 Å². The van der Waals surface area contributed by atoms with Gasteiger partial charge >= 0.3 is 6.03 Å². The fourth-order valence-electron chi connectivity index (χ4n) is 5.25. The summed E-state index contributed by atoms with van der Waals surface area (Å²) in [5.74, 6) is -1.75. The lowest BCUT2D eigenvalue weighted by atomic mass is 10.0. The van der Waals surface area contributed by atoms with Crippen LogP contribution in [0.15, 0.2) is 36.4 Å². The van der Waals surface area contributed by atoms with Gasteiger partial charge in [-0.2, -0.15) is 5.10 Å². The molecule has 1 saturated carbocycles. The van der Waals surface area contributed by atoms with E-state index in [-0.39, 0.29) is 53.9 Å². The van der Waals surface area contributed by atoms with Crippen LogP contribution in [0.25, 0.3) is 10.9 Å². The van der Waals surface area contributed by atoms with E-state index in [4.69, 9.17) is 17.3 Å². The Labute approximate surface area is 247 Å². The molecule has 2 heterocycles. The van der Waals surface area contributed by atoms with Crippen molar-refractivity contribution >= 4 is 51.9 Å². The number of primary amides is 1. The highest BCUT2D eigenvalue weighted by Gasteiger charge is 2.34. The molecule has 1 saturated heterocycles. The van der Waals surface area contributed by atoms with Crippen LogP contribution in [-0.4, -0.2) is 69.0 Å². The Morgan fingerprint density at radius 1 is 1.17 bits per heavy atom. The number of hydrogen-bond acceptors (Lipinski definition) is 5. The molecule has 13 heteroatoms. The molecule has 1 aromatic heterocycles. The average molecular weight is 598 g/mol. The smallest absolute Gasteiger partial charge is 0.321 e. The summed E-state index contributed by atoms with van der Waals surface area (Å²) in [6.07, 6.45) is 3.54. The van der Waals surface area contributed by atoms with Crippen molar-refractivity contribution in [2.75, 3.05) is 25.0 Å². The number of rotatable bonds is 9. The van der Waals surface area contributed by atoms with Crippen molar-refractivity contribution in [3.05, 3.63) is 58.5 Å². The van der Waals surface area contributed by atoms with E-state index in [1.54, 1.807) is 29.2 Å². The maximum absolute atomic E-state index is 14.2. The Bertz CT molecular complexity index is 1540. The molecule has 4 N–H and O–H groups in total. The number of benzene rings is 2. The molecule has 42 heavy (non-hydrogen) atoms. The molecule has 2 aliphatic rings. The van der Waals surface area contributed by atoms with Crippen LogP contribution in [0.1, 0.15) is 48.7 Å². The number of urea groups is 1. The van der Waals surface area contributed by atoms with Gasteiger partial charge in [-0.3, -0.25) is 19.1 Å². The number of amides is 5. The predicted octanol–water partition coefficient (Wildman–Crippen LogP) is 3.50. The van der Waals surface area contributed by atoms with Crippen molar-refractivity contribution in [2.24, 2.45) is 11.7 Å². The number of piperidine rings is 1. The number of fused-ring (bicyclic) bond motifs is 1. The van der Waals surface area contributed by atoms with Crippen molar-refractivity contribution in [1.82, 2.24) is 24.9 Å². The number of anilines is 1. The zero-order valence-corrected chi connectivity index (χ0v) is 24.0. The molecular weight excluding hydrogens is 565 g/mol. The zero-order chi connectivity index (χ0) is 30.0. The summed E-state index contributed by atoms with van der Waals surface area (Å²) in [6.45, 7) is 2.96. The van der Waals surface area contributed by atoms with Gasteiger partial charge in [0.15, 0.2) is 5.69 Å². The predicted molar refractivity (Wildman–Crippen MR) is 155 cm³/mol. The first-order valence-corrected chi connectivity index (χ1v) is 14.3. The Kier molecular flexibility index (Phi) is 8.62. The monoisotopic (exact) mass is 597 g/mol. The van der Waals surface area contributed by atoms with Gasteiger partial charge in [-0.05, 0) is 55.9 Å². The van der Waals surface area contributed by atoms with Crippen LogP contribution in [-0.2, 0) is 22.7 Å². The number of hydrogen-bond donors (Lipinski definition) is 3. The lowest BCUT2D eigenvalue weighted by Crippen LogP contribution is -2.43. The number of likely N-dealkylation sites (tertiary alicyclic amines) is 1. The van der Waals surface area contributed by atoms with E-state index in [1.165, 1.54) is 21.7 Å². The van der Waals surface area contributed by atoms with Gasteiger partial charge in [-0.1, -0.05) is 30.7 Å². The van der Waals surface area contributed by atoms with Gasteiger partial charge in [-0.15, -0.1) is 0 Å². The summed E-state index contributed by atoms with van der Waals surface area (Å²) < 4.78 is 15.6. The molecule has 1 aliphatic carbocycles. The SMILES string of the molecule is C[C@H]1CCCN(C(=O)Nc2ccc3c(c2)c(C(N)=O)nn3CC(=O)N(CC(=O)NCc2cccc(Cl)c2F)C2CC2)C1. The van der Waals surface area contributed by atoms with Gasteiger partial charge < -0.3 is 26.2 Å². The highest BCUT2D eigenvalue weighted by atomic mass is 35.5.